The number of nitrogens with zero attached hydrogens (tertiary/aromatic N) is 1. The Labute approximate surface area is 127 Å². The Morgan fingerprint density at radius 3 is 2.59 bits per heavy atom. The van der Waals surface area contributed by atoms with Crippen LogP contribution in [0.15, 0.2) is 42.5 Å². The van der Waals surface area contributed by atoms with E-state index in [1.807, 2.05) is 0 Å². The highest BCUT2D eigenvalue weighted by molar-refractivity contribution is 5.94. The molecule has 0 atom stereocenters. The van der Waals surface area contributed by atoms with E-state index in [0.717, 1.165) is 0 Å². The van der Waals surface area contributed by atoms with Gasteiger partial charge < -0.3 is 10.1 Å². The maximum Gasteiger partial charge on any atom is 0.356 e. The van der Waals surface area contributed by atoms with Crippen LogP contribution in [0.25, 0.3) is 0 Å². The van der Waals surface area contributed by atoms with Crippen molar-refractivity contribution in [3.8, 4) is 0 Å². The van der Waals surface area contributed by atoms with Gasteiger partial charge in [0, 0.05) is 12.1 Å². The lowest BCUT2D eigenvalue weighted by atomic mass is 10.2. The molecule has 0 aliphatic carbocycles. The fourth-order valence-electron chi connectivity index (χ4n) is 1.79. The van der Waals surface area contributed by atoms with Gasteiger partial charge in [0.25, 0.3) is 5.91 Å². The molecular formula is C16H15FN2O3. The average Bonchev–Trinajstić information content (AvgIpc) is 2.54. The van der Waals surface area contributed by atoms with Crippen molar-refractivity contribution in [2.45, 2.75) is 13.5 Å². The summed E-state index contributed by atoms with van der Waals surface area (Å²) in [5, 5.41) is 2.56. The highest BCUT2D eigenvalue weighted by Gasteiger charge is 2.13. The molecule has 1 aromatic heterocycles. The van der Waals surface area contributed by atoms with Gasteiger partial charge in [-0.15, -0.1) is 0 Å². The van der Waals surface area contributed by atoms with Crippen molar-refractivity contribution in [3.05, 3.63) is 65.2 Å². The molecule has 1 heterocycles. The first-order valence-corrected chi connectivity index (χ1v) is 6.77. The molecule has 1 N–H and O–H groups in total. The Bertz CT molecular complexity index is 689. The summed E-state index contributed by atoms with van der Waals surface area (Å²) >= 11 is 0. The van der Waals surface area contributed by atoms with E-state index >= 15 is 0 Å². The molecule has 114 valence electrons. The predicted molar refractivity (Wildman–Crippen MR) is 77.8 cm³/mol. The molecule has 2 aromatic rings. The van der Waals surface area contributed by atoms with Crippen LogP contribution in [0.5, 0.6) is 0 Å². The lowest BCUT2D eigenvalue weighted by Crippen LogP contribution is -2.25. The van der Waals surface area contributed by atoms with Crippen LogP contribution in [-0.4, -0.2) is 23.5 Å². The average molecular weight is 302 g/mol. The van der Waals surface area contributed by atoms with E-state index in [1.165, 1.54) is 24.3 Å². The Morgan fingerprint density at radius 1 is 1.14 bits per heavy atom. The third-order valence-electron chi connectivity index (χ3n) is 2.86. The van der Waals surface area contributed by atoms with Crippen molar-refractivity contribution in [2.24, 2.45) is 0 Å². The summed E-state index contributed by atoms with van der Waals surface area (Å²) in [5.74, 6) is -1.48. The summed E-state index contributed by atoms with van der Waals surface area (Å²) in [5.41, 5.74) is 0.500. The number of aromatic nitrogens is 1. The van der Waals surface area contributed by atoms with Gasteiger partial charge in [-0.05, 0) is 25.1 Å². The molecule has 0 aliphatic rings. The largest absolute Gasteiger partial charge is 0.461 e. The molecule has 22 heavy (non-hydrogen) atoms. The molecule has 1 aromatic carbocycles. The van der Waals surface area contributed by atoms with Gasteiger partial charge in [0.2, 0.25) is 0 Å². The van der Waals surface area contributed by atoms with Crippen LogP contribution in [0.1, 0.15) is 33.5 Å². The van der Waals surface area contributed by atoms with Crippen molar-refractivity contribution in [3.63, 3.8) is 0 Å². The molecule has 1 amide bonds. The minimum Gasteiger partial charge on any atom is -0.461 e. The Hall–Kier alpha value is -2.76. The van der Waals surface area contributed by atoms with Gasteiger partial charge in [-0.25, -0.2) is 14.2 Å². The lowest BCUT2D eigenvalue weighted by molar-refractivity contribution is 0.0519. The number of carbonyl (C=O) groups excluding carboxylic acids is 2. The Morgan fingerprint density at radius 2 is 1.86 bits per heavy atom. The monoisotopic (exact) mass is 302 g/mol. The van der Waals surface area contributed by atoms with E-state index in [2.05, 4.69) is 10.3 Å². The summed E-state index contributed by atoms with van der Waals surface area (Å²) in [7, 11) is 0. The third-order valence-corrected chi connectivity index (χ3v) is 2.86. The van der Waals surface area contributed by atoms with E-state index in [-0.39, 0.29) is 24.5 Å². The smallest absolute Gasteiger partial charge is 0.356 e. The van der Waals surface area contributed by atoms with Crippen LogP contribution in [0.4, 0.5) is 4.39 Å². The quantitative estimate of drug-likeness (QED) is 0.861. The molecular weight excluding hydrogens is 287 g/mol. The zero-order valence-corrected chi connectivity index (χ0v) is 12.0. The number of hydrogen-bond donors (Lipinski definition) is 1. The minimum atomic E-state index is -0.591. The summed E-state index contributed by atoms with van der Waals surface area (Å²) < 4.78 is 18.3. The second kappa shape index (κ2) is 7.31. The minimum absolute atomic E-state index is 0.0385. The molecule has 0 bridgehead atoms. The molecule has 0 fully saturated rings. The highest BCUT2D eigenvalue weighted by atomic mass is 19.1. The maximum absolute atomic E-state index is 13.5. The van der Waals surface area contributed by atoms with Gasteiger partial charge in [-0.1, -0.05) is 24.3 Å². The van der Waals surface area contributed by atoms with Gasteiger partial charge in [0.05, 0.1) is 6.61 Å². The van der Waals surface area contributed by atoms with Crippen molar-refractivity contribution < 1.29 is 18.7 Å². The lowest BCUT2D eigenvalue weighted by Gasteiger charge is -2.07. The fraction of sp³-hybridized carbons (Fsp3) is 0.188. The molecule has 0 saturated carbocycles. The van der Waals surface area contributed by atoms with Crippen molar-refractivity contribution in [2.75, 3.05) is 6.61 Å². The zero-order chi connectivity index (χ0) is 15.9. The Balaban J connectivity index is 2.05. The van der Waals surface area contributed by atoms with Crippen LogP contribution in [0.2, 0.25) is 0 Å². The summed E-state index contributed by atoms with van der Waals surface area (Å²) in [4.78, 5) is 27.5. The number of carbonyl (C=O) groups is 2. The van der Waals surface area contributed by atoms with E-state index in [1.54, 1.807) is 25.1 Å². The van der Waals surface area contributed by atoms with Crippen LogP contribution < -0.4 is 5.32 Å². The Kier molecular flexibility index (Phi) is 5.19. The third kappa shape index (κ3) is 3.88. The van der Waals surface area contributed by atoms with Gasteiger partial charge in [-0.3, -0.25) is 4.79 Å². The summed E-state index contributed by atoms with van der Waals surface area (Å²) in [6.45, 7) is 1.95. The van der Waals surface area contributed by atoms with Crippen molar-refractivity contribution >= 4 is 11.9 Å². The van der Waals surface area contributed by atoms with Gasteiger partial charge in [0.15, 0.2) is 0 Å². The molecule has 0 radical (unpaired) electrons. The summed E-state index contributed by atoms with van der Waals surface area (Å²) in [6.07, 6.45) is 0. The van der Waals surface area contributed by atoms with Crippen LogP contribution in [0.3, 0.4) is 0 Å². The predicted octanol–water partition coefficient (Wildman–Crippen LogP) is 2.33. The second-order valence-electron chi connectivity index (χ2n) is 4.40. The first-order chi connectivity index (χ1) is 10.6. The van der Waals surface area contributed by atoms with Crippen LogP contribution in [0, 0.1) is 5.82 Å². The van der Waals surface area contributed by atoms with Gasteiger partial charge >= 0.3 is 5.97 Å². The zero-order valence-electron chi connectivity index (χ0n) is 12.0. The SMILES string of the molecule is CCOC(=O)c1cccc(C(=O)NCc2ccccc2F)n1. The topological polar surface area (TPSA) is 68.3 Å². The second-order valence-corrected chi connectivity index (χ2v) is 4.40. The number of esters is 1. The molecule has 0 saturated heterocycles. The number of hydrogen-bond acceptors (Lipinski definition) is 4. The molecule has 6 heteroatoms. The molecule has 0 spiro atoms. The number of amides is 1. The highest BCUT2D eigenvalue weighted by Crippen LogP contribution is 2.07. The van der Waals surface area contributed by atoms with Crippen molar-refractivity contribution in [1.82, 2.24) is 10.3 Å². The van der Waals surface area contributed by atoms with E-state index in [4.69, 9.17) is 4.74 Å². The molecule has 2 rings (SSSR count). The normalized spacial score (nSPS) is 10.1. The first kappa shape index (κ1) is 15.6. The van der Waals surface area contributed by atoms with E-state index in [0.29, 0.717) is 5.56 Å². The van der Waals surface area contributed by atoms with Gasteiger partial charge in [-0.2, -0.15) is 0 Å². The summed E-state index contributed by atoms with van der Waals surface area (Å²) in [6, 6.07) is 10.6. The number of nitrogens with one attached hydrogen (secondary N) is 1. The maximum atomic E-state index is 13.5. The number of halogens is 1. The molecule has 0 unspecified atom stereocenters. The van der Waals surface area contributed by atoms with Crippen molar-refractivity contribution in [1.29, 1.82) is 0 Å². The molecule has 5 nitrogen and oxygen atoms in total. The van der Waals surface area contributed by atoms with E-state index in [9.17, 15) is 14.0 Å². The number of ether oxygens (including phenoxy) is 1. The first-order valence-electron chi connectivity index (χ1n) is 6.77. The van der Waals surface area contributed by atoms with Gasteiger partial charge in [0.1, 0.15) is 17.2 Å². The van der Waals surface area contributed by atoms with E-state index < -0.39 is 17.7 Å². The fourth-order valence-corrected chi connectivity index (χ4v) is 1.79. The number of pyridine rings is 1. The number of benzene rings is 1. The number of rotatable bonds is 5. The standard InChI is InChI=1S/C16H15FN2O3/c1-2-22-16(21)14-9-5-8-13(19-14)15(20)18-10-11-6-3-4-7-12(11)17/h3-9H,2,10H2,1H3,(H,18,20). The van der Waals surface area contributed by atoms with Crippen LogP contribution in [-0.2, 0) is 11.3 Å². The van der Waals surface area contributed by atoms with Crippen LogP contribution >= 0.6 is 0 Å². The molecule has 0 aliphatic heterocycles.